The van der Waals surface area contributed by atoms with Gasteiger partial charge in [-0.05, 0) is 22.9 Å². The van der Waals surface area contributed by atoms with Gasteiger partial charge in [-0.15, -0.1) is 0 Å². The molecule has 0 bridgehead atoms. The van der Waals surface area contributed by atoms with Crippen molar-refractivity contribution >= 4 is 11.8 Å². The lowest BCUT2D eigenvalue weighted by atomic mass is 10.1. The second kappa shape index (κ2) is 6.51. The maximum absolute atomic E-state index is 12.7. The molecule has 0 aromatic carbocycles. The highest BCUT2D eigenvalue weighted by Gasteiger charge is 2.27. The Kier molecular flexibility index (Phi) is 5.02. The van der Waals surface area contributed by atoms with Gasteiger partial charge in [0.05, 0.1) is 24.2 Å². The molecule has 20 heavy (non-hydrogen) atoms. The largest absolute Gasteiger partial charge is 0.466 e. The number of ether oxygens (including phenoxy) is 1. The van der Waals surface area contributed by atoms with Crippen LogP contribution in [0.5, 0.6) is 0 Å². The van der Waals surface area contributed by atoms with Crippen LogP contribution in [0, 0.1) is 21.4 Å². The van der Waals surface area contributed by atoms with E-state index in [9.17, 15) is 23.7 Å². The number of rotatable bonds is 5. The molecule has 0 amide bonds. The highest BCUT2D eigenvalue weighted by atomic mass is 19.3. The second-order valence-electron chi connectivity index (χ2n) is 3.56. The summed E-state index contributed by atoms with van der Waals surface area (Å²) in [6.07, 6.45) is -3.60. The van der Waals surface area contributed by atoms with Gasteiger partial charge in [0, 0.05) is 0 Å². The number of alkyl halides is 2. The van der Waals surface area contributed by atoms with E-state index in [0.29, 0.717) is 0 Å². The average molecular weight is 285 g/mol. The van der Waals surface area contributed by atoms with Crippen LogP contribution in [0.3, 0.4) is 0 Å². The molecule has 0 N–H and O–H groups in total. The first-order chi connectivity index (χ1) is 9.40. The number of hydrogen-bond acceptors (Lipinski definition) is 6. The molecule has 0 fully saturated rings. The van der Waals surface area contributed by atoms with E-state index in [0.717, 1.165) is 6.07 Å². The third-order valence-electron chi connectivity index (χ3n) is 2.26. The first-order valence-corrected chi connectivity index (χ1v) is 5.42. The average Bonchev–Trinajstić information content (AvgIpc) is 2.37. The highest BCUT2D eigenvalue weighted by Crippen LogP contribution is 2.27. The fraction of sp³-hybridized carbons (Fsp3) is 0.364. The van der Waals surface area contributed by atoms with Gasteiger partial charge in [0.25, 0.3) is 12.1 Å². The first kappa shape index (κ1) is 15.4. The Balaban J connectivity index is 3.33. The zero-order valence-electron chi connectivity index (χ0n) is 10.3. The van der Waals surface area contributed by atoms with E-state index < -0.39 is 40.8 Å². The van der Waals surface area contributed by atoms with Crippen LogP contribution in [0.15, 0.2) is 6.07 Å². The number of carbonyl (C=O) groups excluding carboxylic acids is 1. The molecular formula is C11H9F2N3O4. The van der Waals surface area contributed by atoms with Gasteiger partial charge in [0.2, 0.25) is 0 Å². The van der Waals surface area contributed by atoms with Crippen LogP contribution in [-0.2, 0) is 16.0 Å². The van der Waals surface area contributed by atoms with Gasteiger partial charge in [-0.1, -0.05) is 0 Å². The van der Waals surface area contributed by atoms with Crippen LogP contribution in [0.2, 0.25) is 0 Å². The number of esters is 1. The summed E-state index contributed by atoms with van der Waals surface area (Å²) >= 11 is 0. The molecule has 0 radical (unpaired) electrons. The molecule has 1 aromatic rings. The van der Waals surface area contributed by atoms with E-state index in [4.69, 9.17) is 5.26 Å². The van der Waals surface area contributed by atoms with E-state index in [1.807, 2.05) is 0 Å². The SMILES string of the molecule is CCOC(=O)Cc1cc(C(F)F)c(C#N)nc1[N+](=O)[O-]. The van der Waals surface area contributed by atoms with E-state index in [1.54, 1.807) is 0 Å². The predicted molar refractivity (Wildman–Crippen MR) is 60.9 cm³/mol. The molecule has 1 aromatic heterocycles. The summed E-state index contributed by atoms with van der Waals surface area (Å²) in [5.41, 5.74) is -1.81. The number of aromatic nitrogens is 1. The highest BCUT2D eigenvalue weighted by molar-refractivity contribution is 5.74. The molecule has 0 spiro atoms. The summed E-state index contributed by atoms with van der Waals surface area (Å²) in [7, 11) is 0. The quantitative estimate of drug-likeness (QED) is 0.464. The predicted octanol–water partition coefficient (Wildman–Crippen LogP) is 1.90. The van der Waals surface area contributed by atoms with Gasteiger partial charge >= 0.3 is 11.8 Å². The Labute approximate surface area is 111 Å². The molecule has 0 saturated carbocycles. The van der Waals surface area contributed by atoms with Crippen LogP contribution in [0.4, 0.5) is 14.6 Å². The molecule has 0 unspecified atom stereocenters. The van der Waals surface area contributed by atoms with Crippen LogP contribution in [-0.4, -0.2) is 22.5 Å². The van der Waals surface area contributed by atoms with Gasteiger partial charge < -0.3 is 14.9 Å². The summed E-state index contributed by atoms with van der Waals surface area (Å²) in [6.45, 7) is 1.59. The van der Waals surface area contributed by atoms with Crippen molar-refractivity contribution in [2.45, 2.75) is 19.8 Å². The number of carbonyl (C=O) groups is 1. The zero-order chi connectivity index (χ0) is 15.3. The maximum atomic E-state index is 12.7. The molecule has 9 heteroatoms. The van der Waals surface area contributed by atoms with E-state index in [2.05, 4.69) is 9.72 Å². The molecule has 0 aliphatic carbocycles. The smallest absolute Gasteiger partial charge is 0.368 e. The fourth-order valence-electron chi connectivity index (χ4n) is 1.47. The number of pyridine rings is 1. The number of nitrogens with zero attached hydrogens (tertiary/aromatic N) is 3. The number of halogens is 2. The Bertz CT molecular complexity index is 584. The minimum atomic E-state index is -3.03. The van der Waals surface area contributed by atoms with Crippen molar-refractivity contribution < 1.29 is 23.2 Å². The minimum Gasteiger partial charge on any atom is -0.466 e. The summed E-state index contributed by atoms with van der Waals surface area (Å²) in [6, 6.07) is 2.11. The lowest BCUT2D eigenvalue weighted by Gasteiger charge is -2.06. The van der Waals surface area contributed by atoms with Crippen LogP contribution in [0.1, 0.15) is 30.2 Å². The van der Waals surface area contributed by atoms with Crippen molar-refractivity contribution in [3.63, 3.8) is 0 Å². The Morgan fingerprint density at radius 3 is 2.75 bits per heavy atom. The molecule has 1 heterocycles. The Hall–Kier alpha value is -2.63. The summed E-state index contributed by atoms with van der Waals surface area (Å²) in [5, 5.41) is 19.5. The van der Waals surface area contributed by atoms with Crippen molar-refractivity contribution in [2.24, 2.45) is 0 Å². The molecule has 0 aliphatic rings. The van der Waals surface area contributed by atoms with Crippen LogP contribution < -0.4 is 0 Å². The van der Waals surface area contributed by atoms with Crippen molar-refractivity contribution in [3.05, 3.63) is 33.0 Å². The van der Waals surface area contributed by atoms with E-state index in [-0.39, 0.29) is 12.2 Å². The zero-order valence-corrected chi connectivity index (χ0v) is 10.3. The molecule has 7 nitrogen and oxygen atoms in total. The Morgan fingerprint density at radius 1 is 1.65 bits per heavy atom. The first-order valence-electron chi connectivity index (χ1n) is 5.42. The van der Waals surface area contributed by atoms with Gasteiger partial charge in [-0.3, -0.25) is 4.79 Å². The van der Waals surface area contributed by atoms with Gasteiger partial charge in [0.1, 0.15) is 6.07 Å². The normalized spacial score (nSPS) is 10.2. The van der Waals surface area contributed by atoms with E-state index >= 15 is 0 Å². The molecule has 1 rings (SSSR count). The molecule has 106 valence electrons. The van der Waals surface area contributed by atoms with Crippen LogP contribution in [0.25, 0.3) is 0 Å². The Morgan fingerprint density at radius 2 is 2.30 bits per heavy atom. The van der Waals surface area contributed by atoms with Crippen molar-refractivity contribution in [1.29, 1.82) is 5.26 Å². The number of hydrogen-bond donors (Lipinski definition) is 0. The van der Waals surface area contributed by atoms with Crippen molar-refractivity contribution in [1.82, 2.24) is 4.98 Å². The third kappa shape index (κ3) is 3.44. The lowest BCUT2D eigenvalue weighted by molar-refractivity contribution is -0.390. The number of nitriles is 1. The topological polar surface area (TPSA) is 106 Å². The minimum absolute atomic E-state index is 0.0536. The second-order valence-corrected chi connectivity index (χ2v) is 3.56. The molecule has 0 aliphatic heterocycles. The van der Waals surface area contributed by atoms with E-state index in [1.165, 1.54) is 13.0 Å². The standard InChI is InChI=1S/C11H9F2N3O4/c1-2-20-9(17)4-6-3-7(10(12)13)8(5-14)15-11(6)16(18)19/h3,10H,2,4H2,1H3. The van der Waals surface area contributed by atoms with Gasteiger partial charge in [-0.2, -0.15) is 5.26 Å². The lowest BCUT2D eigenvalue weighted by Crippen LogP contribution is -2.11. The number of nitro groups is 1. The monoisotopic (exact) mass is 285 g/mol. The van der Waals surface area contributed by atoms with Gasteiger partial charge in [-0.25, -0.2) is 8.78 Å². The summed E-state index contributed by atoms with van der Waals surface area (Å²) in [5.74, 6) is -1.61. The summed E-state index contributed by atoms with van der Waals surface area (Å²) in [4.78, 5) is 24.4. The molecular weight excluding hydrogens is 276 g/mol. The third-order valence-corrected chi connectivity index (χ3v) is 2.26. The molecule has 0 atom stereocenters. The van der Waals surface area contributed by atoms with Gasteiger partial charge in [0.15, 0.2) is 0 Å². The fourth-order valence-corrected chi connectivity index (χ4v) is 1.47. The summed E-state index contributed by atoms with van der Waals surface area (Å²) < 4.78 is 30.1. The van der Waals surface area contributed by atoms with Crippen LogP contribution >= 0.6 is 0 Å². The molecule has 0 saturated heterocycles. The maximum Gasteiger partial charge on any atom is 0.368 e. The van der Waals surface area contributed by atoms with Crippen molar-refractivity contribution in [2.75, 3.05) is 6.61 Å². The van der Waals surface area contributed by atoms with Crippen molar-refractivity contribution in [3.8, 4) is 6.07 Å².